The molecule has 1 atom stereocenters. The summed E-state index contributed by atoms with van der Waals surface area (Å²) in [4.78, 5) is 4.12. The summed E-state index contributed by atoms with van der Waals surface area (Å²) in [6.45, 7) is 5.20. The Balaban J connectivity index is 1.92. The fourth-order valence-electron chi connectivity index (χ4n) is 2.32. The predicted molar refractivity (Wildman–Crippen MR) is 86.5 cm³/mol. The van der Waals surface area contributed by atoms with E-state index in [4.69, 9.17) is 4.74 Å². The quantitative estimate of drug-likeness (QED) is 0.837. The molecule has 2 aromatic rings. The van der Waals surface area contributed by atoms with Gasteiger partial charge in [0.2, 0.25) is 5.88 Å². The molecule has 21 heavy (non-hydrogen) atoms. The van der Waals surface area contributed by atoms with E-state index in [0.717, 1.165) is 13.0 Å². The molecule has 1 aromatic carbocycles. The number of methoxy groups -OCH3 is 1. The van der Waals surface area contributed by atoms with Gasteiger partial charge < -0.3 is 10.1 Å². The van der Waals surface area contributed by atoms with Crippen LogP contribution < -0.4 is 10.1 Å². The minimum Gasteiger partial charge on any atom is -0.481 e. The lowest BCUT2D eigenvalue weighted by Gasteiger charge is -2.15. The zero-order valence-electron chi connectivity index (χ0n) is 13.1. The van der Waals surface area contributed by atoms with Crippen LogP contribution in [0.1, 0.15) is 43.0 Å². The van der Waals surface area contributed by atoms with Crippen molar-refractivity contribution in [2.75, 3.05) is 7.11 Å². The van der Waals surface area contributed by atoms with Gasteiger partial charge in [-0.1, -0.05) is 37.6 Å². The highest BCUT2D eigenvalue weighted by Crippen LogP contribution is 2.16. The van der Waals surface area contributed by atoms with Crippen LogP contribution in [-0.4, -0.2) is 12.1 Å². The molecule has 0 radical (unpaired) electrons. The lowest BCUT2D eigenvalue weighted by molar-refractivity contribution is 0.397. The molecule has 1 N–H and O–H groups in total. The van der Waals surface area contributed by atoms with Crippen LogP contribution in [0.3, 0.4) is 0 Å². The first-order valence-corrected chi connectivity index (χ1v) is 7.54. The van der Waals surface area contributed by atoms with Crippen LogP contribution in [-0.2, 0) is 13.0 Å². The summed E-state index contributed by atoms with van der Waals surface area (Å²) >= 11 is 0. The molecule has 1 unspecified atom stereocenters. The van der Waals surface area contributed by atoms with Crippen molar-refractivity contribution in [2.24, 2.45) is 0 Å². The van der Waals surface area contributed by atoms with Crippen molar-refractivity contribution in [1.29, 1.82) is 0 Å². The van der Waals surface area contributed by atoms with E-state index in [9.17, 15) is 0 Å². The normalized spacial score (nSPS) is 12.1. The number of aryl methyl sites for hydroxylation is 1. The Morgan fingerprint density at radius 3 is 2.57 bits per heavy atom. The fraction of sp³-hybridized carbons (Fsp3) is 0.389. The summed E-state index contributed by atoms with van der Waals surface area (Å²) in [5.74, 6) is 0.658. The van der Waals surface area contributed by atoms with Crippen LogP contribution in [0.4, 0.5) is 0 Å². The van der Waals surface area contributed by atoms with E-state index in [-0.39, 0.29) is 0 Å². The topological polar surface area (TPSA) is 34.2 Å². The molecule has 2 rings (SSSR count). The molecule has 3 heteroatoms. The maximum absolute atomic E-state index is 5.14. The van der Waals surface area contributed by atoms with Gasteiger partial charge in [-0.2, -0.15) is 0 Å². The van der Waals surface area contributed by atoms with Crippen molar-refractivity contribution in [1.82, 2.24) is 10.3 Å². The molecule has 0 aliphatic carbocycles. The van der Waals surface area contributed by atoms with Gasteiger partial charge in [0.25, 0.3) is 0 Å². The molecule has 0 aliphatic rings. The van der Waals surface area contributed by atoms with Crippen LogP contribution in [0.15, 0.2) is 42.6 Å². The highest BCUT2D eigenvalue weighted by atomic mass is 16.5. The van der Waals surface area contributed by atoms with Gasteiger partial charge in [0.05, 0.1) is 7.11 Å². The Labute approximate surface area is 127 Å². The number of pyridine rings is 1. The number of ether oxygens (including phenoxy) is 1. The Hall–Kier alpha value is -1.87. The first-order valence-electron chi connectivity index (χ1n) is 7.54. The second kappa shape index (κ2) is 7.79. The van der Waals surface area contributed by atoms with Crippen LogP contribution in [0.25, 0.3) is 0 Å². The molecule has 0 saturated carbocycles. The van der Waals surface area contributed by atoms with Crippen molar-refractivity contribution in [3.8, 4) is 5.88 Å². The number of rotatable bonds is 7. The molecule has 0 saturated heterocycles. The molecule has 0 spiro atoms. The number of nitrogens with one attached hydrogen (secondary N) is 1. The number of benzene rings is 1. The van der Waals surface area contributed by atoms with Gasteiger partial charge in [0, 0.05) is 24.8 Å². The van der Waals surface area contributed by atoms with Crippen molar-refractivity contribution < 1.29 is 4.74 Å². The van der Waals surface area contributed by atoms with E-state index in [1.165, 1.54) is 23.1 Å². The van der Waals surface area contributed by atoms with Crippen LogP contribution in [0, 0.1) is 0 Å². The van der Waals surface area contributed by atoms with Gasteiger partial charge in [0.15, 0.2) is 0 Å². The molecule has 3 nitrogen and oxygen atoms in total. The van der Waals surface area contributed by atoms with Gasteiger partial charge >= 0.3 is 0 Å². The van der Waals surface area contributed by atoms with Gasteiger partial charge in [0.1, 0.15) is 0 Å². The molecule has 0 fully saturated rings. The third-order valence-electron chi connectivity index (χ3n) is 3.64. The number of nitrogens with zero attached hydrogens (tertiary/aromatic N) is 1. The fourth-order valence-corrected chi connectivity index (χ4v) is 2.32. The van der Waals surface area contributed by atoms with E-state index in [0.29, 0.717) is 11.9 Å². The Kier molecular flexibility index (Phi) is 5.76. The zero-order valence-corrected chi connectivity index (χ0v) is 13.1. The SMILES string of the molecule is CCCc1ccc(C(C)NCc2ccnc(OC)c2)cc1. The Morgan fingerprint density at radius 2 is 1.90 bits per heavy atom. The number of aromatic nitrogens is 1. The lowest BCUT2D eigenvalue weighted by atomic mass is 10.0. The number of hydrogen-bond donors (Lipinski definition) is 1. The lowest BCUT2D eigenvalue weighted by Crippen LogP contribution is -2.18. The monoisotopic (exact) mass is 284 g/mol. The maximum Gasteiger partial charge on any atom is 0.213 e. The molecule has 1 heterocycles. The third-order valence-corrected chi connectivity index (χ3v) is 3.64. The Morgan fingerprint density at radius 1 is 1.14 bits per heavy atom. The second-order valence-electron chi connectivity index (χ2n) is 5.30. The van der Waals surface area contributed by atoms with Crippen LogP contribution in [0.2, 0.25) is 0 Å². The molecule has 112 valence electrons. The number of hydrogen-bond acceptors (Lipinski definition) is 3. The van der Waals surface area contributed by atoms with Gasteiger partial charge in [-0.15, -0.1) is 0 Å². The first kappa shape index (κ1) is 15.5. The third kappa shape index (κ3) is 4.57. The second-order valence-corrected chi connectivity index (χ2v) is 5.30. The van der Waals surface area contributed by atoms with E-state index in [2.05, 4.69) is 48.4 Å². The predicted octanol–water partition coefficient (Wildman–Crippen LogP) is 3.89. The summed E-state index contributed by atoms with van der Waals surface area (Å²) in [6.07, 6.45) is 4.12. The van der Waals surface area contributed by atoms with Crippen molar-refractivity contribution in [3.05, 3.63) is 59.3 Å². The minimum atomic E-state index is 0.319. The average Bonchev–Trinajstić information content (AvgIpc) is 2.54. The smallest absolute Gasteiger partial charge is 0.213 e. The molecule has 0 bridgehead atoms. The van der Waals surface area contributed by atoms with E-state index >= 15 is 0 Å². The van der Waals surface area contributed by atoms with E-state index < -0.39 is 0 Å². The van der Waals surface area contributed by atoms with Crippen LogP contribution in [0.5, 0.6) is 5.88 Å². The van der Waals surface area contributed by atoms with Crippen molar-refractivity contribution in [2.45, 2.75) is 39.3 Å². The molecule has 0 amide bonds. The first-order chi connectivity index (χ1) is 10.2. The average molecular weight is 284 g/mol. The highest BCUT2D eigenvalue weighted by molar-refractivity contribution is 5.25. The summed E-state index contributed by atoms with van der Waals surface area (Å²) < 4.78 is 5.14. The standard InChI is InChI=1S/C18H24N2O/c1-4-5-15-6-8-17(9-7-15)14(2)20-13-16-10-11-19-18(12-16)21-3/h6-12,14,20H,4-5,13H2,1-3H3. The summed E-state index contributed by atoms with van der Waals surface area (Å²) in [5, 5.41) is 3.53. The molecular formula is C18H24N2O. The summed E-state index contributed by atoms with van der Waals surface area (Å²) in [7, 11) is 1.64. The van der Waals surface area contributed by atoms with Gasteiger partial charge in [-0.05, 0) is 36.1 Å². The van der Waals surface area contributed by atoms with Gasteiger partial charge in [-0.3, -0.25) is 0 Å². The summed E-state index contributed by atoms with van der Waals surface area (Å²) in [6, 6.07) is 13.2. The van der Waals surface area contributed by atoms with E-state index in [1.54, 1.807) is 13.3 Å². The van der Waals surface area contributed by atoms with Crippen molar-refractivity contribution in [3.63, 3.8) is 0 Å². The largest absolute Gasteiger partial charge is 0.481 e. The summed E-state index contributed by atoms with van der Waals surface area (Å²) in [5.41, 5.74) is 3.90. The van der Waals surface area contributed by atoms with Crippen molar-refractivity contribution >= 4 is 0 Å². The molecule has 1 aromatic heterocycles. The van der Waals surface area contributed by atoms with E-state index in [1.807, 2.05) is 12.1 Å². The highest BCUT2D eigenvalue weighted by Gasteiger charge is 2.05. The molecule has 0 aliphatic heterocycles. The van der Waals surface area contributed by atoms with Crippen LogP contribution >= 0.6 is 0 Å². The van der Waals surface area contributed by atoms with Gasteiger partial charge in [-0.25, -0.2) is 4.98 Å². The maximum atomic E-state index is 5.14. The molecular weight excluding hydrogens is 260 g/mol. The minimum absolute atomic E-state index is 0.319. The Bertz CT molecular complexity index is 551. The zero-order chi connectivity index (χ0) is 15.1.